The van der Waals surface area contributed by atoms with E-state index in [1.54, 1.807) is 16.0 Å². The fourth-order valence-electron chi connectivity index (χ4n) is 8.08. The summed E-state index contributed by atoms with van der Waals surface area (Å²) in [5.74, 6) is 5.63. The van der Waals surface area contributed by atoms with Crippen molar-refractivity contribution in [3.63, 3.8) is 0 Å². The second-order valence-corrected chi connectivity index (χ2v) is 16.3. The summed E-state index contributed by atoms with van der Waals surface area (Å²) in [6.07, 6.45) is 3.17. The Morgan fingerprint density at radius 1 is 0.770 bits per heavy atom. The van der Waals surface area contributed by atoms with E-state index in [0.717, 1.165) is 52.2 Å². The minimum absolute atomic E-state index is 0.0108. The third kappa shape index (κ3) is 10.3. The van der Waals surface area contributed by atoms with Gasteiger partial charge in [0.05, 0.1) is 44.5 Å². The molecule has 61 heavy (non-hydrogen) atoms. The number of benzene rings is 2. The molecule has 0 aliphatic carbocycles. The summed E-state index contributed by atoms with van der Waals surface area (Å²) in [7, 11) is 2.61. The molecule has 2 aliphatic heterocycles. The number of amides is 4. The van der Waals surface area contributed by atoms with Crippen LogP contribution in [0.1, 0.15) is 95.0 Å². The highest BCUT2D eigenvalue weighted by molar-refractivity contribution is 5.87. The average molecular weight is 832 g/mol. The maximum Gasteiger partial charge on any atom is 0.407 e. The molecule has 0 unspecified atom stereocenters. The number of carbonyl (C=O) groups excluding carboxylic acids is 5. The Hall–Kier alpha value is -6.36. The Morgan fingerprint density at radius 2 is 1.41 bits per heavy atom. The van der Waals surface area contributed by atoms with Gasteiger partial charge in [0.25, 0.3) is 0 Å². The number of esters is 1. The minimum Gasteiger partial charge on any atom is -0.469 e. The van der Waals surface area contributed by atoms with Crippen molar-refractivity contribution in [1.29, 1.82) is 0 Å². The van der Waals surface area contributed by atoms with Gasteiger partial charge in [0.2, 0.25) is 17.7 Å². The SMILES string of the molecule is CCC(=O)N1CCN(C(=O)[C@@H](CC(=O)OC)C(C)C)[C@H](c2ncc(-c3ccc(C#Cc4ccc(-c5ccc([C@@H]6CCCN6C(=O)[C@@H](NC(=O)OC)C(C)C)[nH]5)cc4)cc3)[nH]2)C1. The third-order valence-electron chi connectivity index (χ3n) is 11.7. The van der Waals surface area contributed by atoms with Gasteiger partial charge in [-0.15, -0.1) is 0 Å². The van der Waals surface area contributed by atoms with Crippen LogP contribution in [0.5, 0.6) is 0 Å². The lowest BCUT2D eigenvalue weighted by Gasteiger charge is -2.42. The van der Waals surface area contributed by atoms with Crippen LogP contribution in [0.25, 0.3) is 22.5 Å². The number of nitrogens with zero attached hydrogens (tertiary/aromatic N) is 4. The van der Waals surface area contributed by atoms with Crippen LogP contribution < -0.4 is 5.32 Å². The molecule has 3 N–H and O–H groups in total. The van der Waals surface area contributed by atoms with Crippen LogP contribution in [-0.4, -0.2) is 106 Å². The van der Waals surface area contributed by atoms with Gasteiger partial charge in [-0.25, -0.2) is 9.78 Å². The summed E-state index contributed by atoms with van der Waals surface area (Å²) in [4.78, 5) is 81.4. The Balaban J connectivity index is 1.12. The van der Waals surface area contributed by atoms with E-state index in [4.69, 9.17) is 14.5 Å². The topological polar surface area (TPSA) is 170 Å². The molecule has 4 atom stereocenters. The van der Waals surface area contributed by atoms with Crippen molar-refractivity contribution >= 4 is 29.8 Å². The van der Waals surface area contributed by atoms with E-state index in [2.05, 4.69) is 27.1 Å². The number of hydrogen-bond acceptors (Lipinski definition) is 8. The smallest absolute Gasteiger partial charge is 0.407 e. The standard InChI is InChI=1S/C47H57N7O7/c1-8-41(55)52-24-25-54(45(57)35(29(2)3)26-42(56)60-6)40(28-52)44-48-27-38(50-44)34-19-15-32(16-20-34)12-11-31-13-17-33(18-14-31)36-21-22-37(49-36)39-10-9-23-53(39)46(58)43(30(4)5)51-47(59)61-7/h13-22,27,29-30,35,39-40,43,49H,8-10,23-26,28H2,1-7H3,(H,48,50)(H,51,59)/t35-,39-,40-,43-/m0/s1. The minimum atomic E-state index is -0.672. The first-order valence-corrected chi connectivity index (χ1v) is 21.1. The van der Waals surface area contributed by atoms with Crippen LogP contribution >= 0.6 is 0 Å². The first kappa shape index (κ1) is 44.2. The number of carbonyl (C=O) groups is 5. The summed E-state index contributed by atoms with van der Waals surface area (Å²) >= 11 is 0. The van der Waals surface area contributed by atoms with E-state index in [-0.39, 0.29) is 42.0 Å². The molecular weight excluding hydrogens is 775 g/mol. The van der Waals surface area contributed by atoms with Gasteiger partial charge in [0.15, 0.2) is 0 Å². The van der Waals surface area contributed by atoms with E-state index in [1.807, 2.05) is 100 Å². The monoisotopic (exact) mass is 831 g/mol. The predicted molar refractivity (Wildman–Crippen MR) is 230 cm³/mol. The van der Waals surface area contributed by atoms with Gasteiger partial charge in [0.1, 0.15) is 17.9 Å². The number of rotatable bonds is 12. The number of methoxy groups -OCH3 is 2. The Kier molecular flexibility index (Phi) is 14.3. The highest BCUT2D eigenvalue weighted by atomic mass is 16.5. The van der Waals surface area contributed by atoms with Crippen molar-refractivity contribution in [3.05, 3.63) is 89.5 Å². The first-order valence-electron chi connectivity index (χ1n) is 21.1. The molecule has 0 saturated carbocycles. The highest BCUT2D eigenvalue weighted by Crippen LogP contribution is 2.35. The fraction of sp³-hybridized carbons (Fsp3) is 0.447. The van der Waals surface area contributed by atoms with Gasteiger partial charge < -0.3 is 39.5 Å². The fourth-order valence-corrected chi connectivity index (χ4v) is 8.08. The summed E-state index contributed by atoms with van der Waals surface area (Å²) in [6, 6.07) is 18.6. The first-order chi connectivity index (χ1) is 29.3. The average Bonchev–Trinajstić information content (AvgIpc) is 4.08. The van der Waals surface area contributed by atoms with Crippen LogP contribution in [0.3, 0.4) is 0 Å². The number of aromatic amines is 2. The van der Waals surface area contributed by atoms with E-state index in [1.165, 1.54) is 14.2 Å². The largest absolute Gasteiger partial charge is 0.469 e. The summed E-state index contributed by atoms with van der Waals surface area (Å²) in [6.45, 7) is 11.1. The molecular formula is C47H57N7O7. The number of aromatic nitrogens is 3. The summed E-state index contributed by atoms with van der Waals surface area (Å²) in [5.41, 5.74) is 6.23. The van der Waals surface area contributed by atoms with Gasteiger partial charge in [-0.3, -0.25) is 19.2 Å². The van der Waals surface area contributed by atoms with E-state index in [9.17, 15) is 24.0 Å². The molecule has 14 heteroatoms. The number of imidazole rings is 1. The summed E-state index contributed by atoms with van der Waals surface area (Å²) < 4.78 is 9.65. The zero-order valence-electron chi connectivity index (χ0n) is 36.1. The normalized spacial score (nSPS) is 17.4. The zero-order chi connectivity index (χ0) is 43.8. The molecule has 4 heterocycles. The Labute approximate surface area is 357 Å². The van der Waals surface area contributed by atoms with Gasteiger partial charge >= 0.3 is 12.1 Å². The highest BCUT2D eigenvalue weighted by Gasteiger charge is 2.40. The zero-order valence-corrected chi connectivity index (χ0v) is 36.1. The van der Waals surface area contributed by atoms with Gasteiger partial charge in [-0.1, -0.05) is 70.7 Å². The molecule has 0 radical (unpaired) electrons. The van der Waals surface area contributed by atoms with Crippen LogP contribution in [0.4, 0.5) is 4.79 Å². The van der Waals surface area contributed by atoms with Crippen molar-refractivity contribution in [2.24, 2.45) is 17.8 Å². The molecule has 4 amide bonds. The molecule has 2 aromatic heterocycles. The summed E-state index contributed by atoms with van der Waals surface area (Å²) in [5, 5.41) is 2.71. The van der Waals surface area contributed by atoms with Gasteiger partial charge in [-0.2, -0.15) is 0 Å². The van der Waals surface area contributed by atoms with Gasteiger partial charge in [-0.05, 0) is 72.2 Å². The van der Waals surface area contributed by atoms with Crippen molar-refractivity contribution in [2.45, 2.75) is 78.4 Å². The van der Waals surface area contributed by atoms with Crippen LogP contribution in [0, 0.1) is 29.6 Å². The second-order valence-electron chi connectivity index (χ2n) is 16.3. The molecule has 322 valence electrons. The van der Waals surface area contributed by atoms with E-state index in [0.29, 0.717) is 38.4 Å². The molecule has 2 aromatic carbocycles. The number of piperazine rings is 1. The Morgan fingerprint density at radius 3 is 2.00 bits per heavy atom. The van der Waals surface area contributed by atoms with Gasteiger partial charge in [0, 0.05) is 55.1 Å². The molecule has 2 aliphatic rings. The van der Waals surface area contributed by atoms with Crippen molar-refractivity contribution in [3.8, 4) is 34.4 Å². The lowest BCUT2D eigenvalue weighted by Crippen LogP contribution is -2.54. The van der Waals surface area contributed by atoms with E-state index >= 15 is 0 Å². The maximum absolute atomic E-state index is 14.0. The molecule has 2 fully saturated rings. The molecule has 2 saturated heterocycles. The molecule has 4 aromatic rings. The predicted octanol–water partition coefficient (Wildman–Crippen LogP) is 6.47. The third-order valence-corrected chi connectivity index (χ3v) is 11.7. The quantitative estimate of drug-likeness (QED) is 0.108. The number of nitrogens with one attached hydrogen (secondary N) is 3. The van der Waals surface area contributed by atoms with Crippen LogP contribution in [-0.2, 0) is 28.7 Å². The number of ether oxygens (including phenoxy) is 2. The lowest BCUT2D eigenvalue weighted by molar-refractivity contribution is -0.152. The van der Waals surface area contributed by atoms with Crippen molar-refractivity contribution in [2.75, 3.05) is 40.4 Å². The number of H-pyrrole nitrogens is 2. The van der Waals surface area contributed by atoms with E-state index < -0.39 is 30.1 Å². The van der Waals surface area contributed by atoms with Crippen molar-refractivity contribution in [1.82, 2.24) is 35.0 Å². The molecule has 0 bridgehead atoms. The number of likely N-dealkylation sites (tertiary alicyclic amines) is 1. The molecule has 6 rings (SSSR count). The molecule has 0 spiro atoms. The lowest BCUT2D eigenvalue weighted by atomic mass is 9.90. The second kappa shape index (κ2) is 19.8. The maximum atomic E-state index is 14.0. The van der Waals surface area contributed by atoms with Crippen LogP contribution in [0.15, 0.2) is 66.9 Å². The Bertz CT molecular complexity index is 2250. The molecule has 14 nitrogen and oxygen atoms in total. The number of alkyl carbamates (subject to hydrolysis) is 1. The van der Waals surface area contributed by atoms with Crippen LogP contribution in [0.2, 0.25) is 0 Å². The van der Waals surface area contributed by atoms with Crippen molar-refractivity contribution < 1.29 is 33.4 Å². The number of hydrogen-bond donors (Lipinski definition) is 3.